The zero-order valence-electron chi connectivity index (χ0n) is 11.3. The minimum atomic E-state index is 0.435. The molecule has 0 aliphatic heterocycles. The summed E-state index contributed by atoms with van der Waals surface area (Å²) in [5, 5.41) is 0. The van der Waals surface area contributed by atoms with E-state index in [2.05, 4.69) is 36.9 Å². The minimum Gasteiger partial charge on any atom is -0.349 e. The fourth-order valence-electron chi connectivity index (χ4n) is 2.78. The third kappa shape index (κ3) is 2.90. The Morgan fingerprint density at radius 1 is 1.35 bits per heavy atom. The number of hydrogen-bond donors (Lipinski definition) is 1. The zero-order valence-corrected chi connectivity index (χ0v) is 11.3. The number of nitrogens with one attached hydrogen (secondary N) is 1. The summed E-state index contributed by atoms with van der Waals surface area (Å²) >= 11 is 0. The van der Waals surface area contributed by atoms with Gasteiger partial charge >= 0.3 is 0 Å². The molecule has 0 spiro atoms. The fourth-order valence-corrected chi connectivity index (χ4v) is 2.78. The molecule has 1 heterocycles. The lowest BCUT2D eigenvalue weighted by Crippen LogP contribution is -2.21. The molecule has 1 saturated carbocycles. The Kier molecular flexibility index (Phi) is 4.24. The lowest BCUT2D eigenvalue weighted by Gasteiger charge is -2.11. The summed E-state index contributed by atoms with van der Waals surface area (Å²) in [6, 6.07) is 2.25. The van der Waals surface area contributed by atoms with Gasteiger partial charge in [0.05, 0.1) is 6.10 Å². The smallest absolute Gasteiger partial charge is 0.0790 e. The standard InChI is InChI=1S/C14H24N2O/c1-4-16-11(2)9-13(12(16)3)10-15-17-14-7-5-6-8-14/h9,14-15H,4-8,10H2,1-3H3. The van der Waals surface area contributed by atoms with Gasteiger partial charge in [0.2, 0.25) is 0 Å². The molecule has 0 bridgehead atoms. The lowest BCUT2D eigenvalue weighted by molar-refractivity contribution is -0.0244. The van der Waals surface area contributed by atoms with Crippen LogP contribution in [-0.2, 0) is 17.9 Å². The highest BCUT2D eigenvalue weighted by molar-refractivity contribution is 5.26. The van der Waals surface area contributed by atoms with Gasteiger partial charge in [-0.2, -0.15) is 5.48 Å². The number of aromatic nitrogens is 1. The molecular weight excluding hydrogens is 212 g/mol. The van der Waals surface area contributed by atoms with Crippen molar-refractivity contribution in [3.8, 4) is 0 Å². The van der Waals surface area contributed by atoms with Crippen LogP contribution in [0.15, 0.2) is 6.07 Å². The summed E-state index contributed by atoms with van der Waals surface area (Å²) in [5.41, 5.74) is 7.18. The number of hydrogen-bond acceptors (Lipinski definition) is 2. The Morgan fingerprint density at radius 2 is 2.06 bits per heavy atom. The Balaban J connectivity index is 1.86. The van der Waals surface area contributed by atoms with Crippen LogP contribution in [0, 0.1) is 13.8 Å². The minimum absolute atomic E-state index is 0.435. The van der Waals surface area contributed by atoms with Gasteiger partial charge in [-0.25, -0.2) is 0 Å². The van der Waals surface area contributed by atoms with E-state index >= 15 is 0 Å². The molecule has 1 aliphatic carbocycles. The molecule has 0 amide bonds. The van der Waals surface area contributed by atoms with Gasteiger partial charge in [0.25, 0.3) is 0 Å². The molecule has 3 nitrogen and oxygen atoms in total. The molecule has 96 valence electrons. The maximum atomic E-state index is 5.69. The van der Waals surface area contributed by atoms with Gasteiger partial charge in [-0.3, -0.25) is 4.84 Å². The van der Waals surface area contributed by atoms with Crippen molar-refractivity contribution < 1.29 is 4.84 Å². The van der Waals surface area contributed by atoms with E-state index in [1.165, 1.54) is 42.6 Å². The summed E-state index contributed by atoms with van der Waals surface area (Å²) in [6.45, 7) is 8.39. The van der Waals surface area contributed by atoms with Gasteiger partial charge in [0.1, 0.15) is 0 Å². The van der Waals surface area contributed by atoms with Crippen molar-refractivity contribution in [2.45, 2.75) is 65.6 Å². The molecule has 0 unspecified atom stereocenters. The number of aryl methyl sites for hydroxylation is 1. The van der Waals surface area contributed by atoms with Crippen LogP contribution >= 0.6 is 0 Å². The van der Waals surface area contributed by atoms with Crippen molar-refractivity contribution in [2.75, 3.05) is 0 Å². The maximum absolute atomic E-state index is 5.69. The fraction of sp³-hybridized carbons (Fsp3) is 0.714. The Bertz CT molecular complexity index is 365. The predicted molar refractivity (Wildman–Crippen MR) is 69.8 cm³/mol. The van der Waals surface area contributed by atoms with E-state index in [-0.39, 0.29) is 0 Å². The highest BCUT2D eigenvalue weighted by Gasteiger charge is 2.15. The summed E-state index contributed by atoms with van der Waals surface area (Å²) in [4.78, 5) is 5.69. The molecule has 0 aromatic carbocycles. The first-order valence-corrected chi connectivity index (χ1v) is 6.76. The van der Waals surface area contributed by atoms with Crippen LogP contribution in [0.3, 0.4) is 0 Å². The quantitative estimate of drug-likeness (QED) is 0.795. The van der Waals surface area contributed by atoms with Crippen molar-refractivity contribution in [2.24, 2.45) is 0 Å². The average molecular weight is 236 g/mol. The second kappa shape index (κ2) is 5.69. The monoisotopic (exact) mass is 236 g/mol. The van der Waals surface area contributed by atoms with E-state index in [1.807, 2.05) is 0 Å². The summed E-state index contributed by atoms with van der Waals surface area (Å²) < 4.78 is 2.34. The number of hydroxylamine groups is 1. The van der Waals surface area contributed by atoms with E-state index in [0.717, 1.165) is 13.1 Å². The van der Waals surface area contributed by atoms with E-state index in [0.29, 0.717) is 6.10 Å². The normalized spacial score (nSPS) is 16.9. The van der Waals surface area contributed by atoms with Crippen molar-refractivity contribution in [1.29, 1.82) is 0 Å². The number of nitrogens with zero attached hydrogens (tertiary/aromatic N) is 1. The molecule has 17 heavy (non-hydrogen) atoms. The molecule has 3 heteroatoms. The van der Waals surface area contributed by atoms with Gasteiger partial charge in [0, 0.05) is 24.5 Å². The van der Waals surface area contributed by atoms with E-state index in [9.17, 15) is 0 Å². The Hall–Kier alpha value is -0.800. The van der Waals surface area contributed by atoms with Crippen LogP contribution in [0.1, 0.15) is 49.6 Å². The molecule has 0 atom stereocenters. The first-order chi connectivity index (χ1) is 8.22. The van der Waals surface area contributed by atoms with Crippen LogP contribution in [0.4, 0.5) is 0 Å². The molecule has 2 rings (SSSR count). The SMILES string of the molecule is CCn1c(C)cc(CNOC2CCCC2)c1C. The van der Waals surface area contributed by atoms with Crippen molar-refractivity contribution in [3.05, 3.63) is 23.0 Å². The molecule has 1 N–H and O–H groups in total. The number of rotatable bonds is 5. The second-order valence-corrected chi connectivity index (χ2v) is 4.99. The highest BCUT2D eigenvalue weighted by atomic mass is 16.7. The van der Waals surface area contributed by atoms with Crippen LogP contribution in [-0.4, -0.2) is 10.7 Å². The molecule has 1 aliphatic rings. The topological polar surface area (TPSA) is 26.2 Å². The van der Waals surface area contributed by atoms with Gasteiger partial charge in [-0.1, -0.05) is 12.8 Å². The lowest BCUT2D eigenvalue weighted by atomic mass is 10.2. The third-order valence-corrected chi connectivity index (χ3v) is 3.81. The second-order valence-electron chi connectivity index (χ2n) is 4.99. The van der Waals surface area contributed by atoms with E-state index < -0.39 is 0 Å². The van der Waals surface area contributed by atoms with Crippen molar-refractivity contribution in [1.82, 2.24) is 10.0 Å². The molecule has 1 aromatic heterocycles. The first kappa shape index (κ1) is 12.7. The Labute approximate surface area is 104 Å². The van der Waals surface area contributed by atoms with Crippen LogP contribution in [0.25, 0.3) is 0 Å². The highest BCUT2D eigenvalue weighted by Crippen LogP contribution is 2.20. The largest absolute Gasteiger partial charge is 0.349 e. The van der Waals surface area contributed by atoms with Crippen LogP contribution < -0.4 is 5.48 Å². The summed E-state index contributed by atoms with van der Waals surface area (Å²) in [7, 11) is 0. The molecule has 1 aromatic rings. The first-order valence-electron chi connectivity index (χ1n) is 6.76. The summed E-state index contributed by atoms with van der Waals surface area (Å²) in [5.74, 6) is 0. The average Bonchev–Trinajstić information content (AvgIpc) is 2.89. The molecule has 0 saturated heterocycles. The van der Waals surface area contributed by atoms with E-state index in [1.54, 1.807) is 0 Å². The predicted octanol–water partition coefficient (Wildman–Crippen LogP) is 3.09. The van der Waals surface area contributed by atoms with Crippen molar-refractivity contribution in [3.63, 3.8) is 0 Å². The van der Waals surface area contributed by atoms with Crippen molar-refractivity contribution >= 4 is 0 Å². The van der Waals surface area contributed by atoms with Gasteiger partial charge < -0.3 is 4.57 Å². The maximum Gasteiger partial charge on any atom is 0.0790 e. The molecular formula is C14H24N2O. The summed E-state index contributed by atoms with van der Waals surface area (Å²) in [6.07, 6.45) is 5.49. The molecule has 1 fully saturated rings. The van der Waals surface area contributed by atoms with Gasteiger partial charge in [-0.05, 0) is 45.2 Å². The third-order valence-electron chi connectivity index (χ3n) is 3.81. The van der Waals surface area contributed by atoms with E-state index in [4.69, 9.17) is 4.84 Å². The van der Waals surface area contributed by atoms with Gasteiger partial charge in [0.15, 0.2) is 0 Å². The zero-order chi connectivity index (χ0) is 12.3. The van der Waals surface area contributed by atoms with Crippen LogP contribution in [0.5, 0.6) is 0 Å². The van der Waals surface area contributed by atoms with Crippen LogP contribution in [0.2, 0.25) is 0 Å². The molecule has 0 radical (unpaired) electrons. The van der Waals surface area contributed by atoms with Gasteiger partial charge in [-0.15, -0.1) is 0 Å². The Morgan fingerprint density at radius 3 is 2.65 bits per heavy atom.